The van der Waals surface area contributed by atoms with Crippen molar-refractivity contribution in [1.29, 1.82) is 0 Å². The van der Waals surface area contributed by atoms with E-state index in [1.165, 1.54) is 26.4 Å². The second kappa shape index (κ2) is 8.83. The number of allylic oxidation sites excluding steroid dienone is 1. The molecule has 4 N–H and O–H groups in total. The van der Waals surface area contributed by atoms with Gasteiger partial charge in [0.25, 0.3) is 0 Å². The molecule has 0 spiro atoms. The number of fused-ring (bicyclic) bond motifs is 1. The zero-order valence-corrected chi connectivity index (χ0v) is 17.2. The molecule has 10 heteroatoms. The fourth-order valence-corrected chi connectivity index (χ4v) is 3.05. The number of hydrogen-bond acceptors (Lipinski definition) is 6. The molecule has 2 aromatic carbocycles. The van der Waals surface area contributed by atoms with Crippen LogP contribution >= 0.6 is 11.6 Å². The SMILES string of the molecule is COC1=Nc2cc(OC)c(F)cc2C(c2ccccc2Cl)=NC1=C(C)NNC(N)=O. The number of hydrazine groups is 1. The third-order valence-corrected chi connectivity index (χ3v) is 4.55. The smallest absolute Gasteiger partial charge is 0.330 e. The number of carbonyl (C=O) groups is 1. The van der Waals surface area contributed by atoms with Gasteiger partial charge in [0, 0.05) is 22.2 Å². The van der Waals surface area contributed by atoms with Gasteiger partial charge in [-0.1, -0.05) is 29.8 Å². The van der Waals surface area contributed by atoms with E-state index in [-0.39, 0.29) is 17.3 Å². The molecule has 156 valence electrons. The van der Waals surface area contributed by atoms with Crippen LogP contribution in [0.3, 0.4) is 0 Å². The minimum absolute atomic E-state index is 0.0177. The molecule has 1 aliphatic rings. The molecule has 1 heterocycles. The number of halogens is 2. The Bertz CT molecular complexity index is 1100. The van der Waals surface area contributed by atoms with E-state index >= 15 is 0 Å². The summed E-state index contributed by atoms with van der Waals surface area (Å²) < 4.78 is 25.1. The highest BCUT2D eigenvalue weighted by atomic mass is 35.5. The topological polar surface area (TPSA) is 110 Å². The first kappa shape index (κ1) is 21.1. The molecule has 3 rings (SSSR count). The van der Waals surface area contributed by atoms with E-state index in [4.69, 9.17) is 26.8 Å². The lowest BCUT2D eigenvalue weighted by molar-refractivity contribution is 0.246. The molecule has 0 saturated carbocycles. The van der Waals surface area contributed by atoms with Gasteiger partial charge in [-0.2, -0.15) is 0 Å². The molecule has 0 bridgehead atoms. The standard InChI is InChI=1S/C20H19ClFN5O3/c1-10(26-27-20(23)28)17-19(30-3)24-15-9-16(29-2)14(22)8-12(15)18(25-17)11-6-4-5-7-13(11)21/h4-9,26H,1-3H3,(H3,23,27,28). The minimum atomic E-state index is -0.787. The number of benzene rings is 2. The van der Waals surface area contributed by atoms with E-state index < -0.39 is 11.8 Å². The number of nitrogens with two attached hydrogens (primary N) is 1. The van der Waals surface area contributed by atoms with Gasteiger partial charge >= 0.3 is 6.03 Å². The molecule has 0 saturated heterocycles. The fourth-order valence-electron chi connectivity index (χ4n) is 2.82. The zero-order valence-electron chi connectivity index (χ0n) is 16.4. The van der Waals surface area contributed by atoms with Crippen molar-refractivity contribution < 1.29 is 18.7 Å². The molecule has 0 aliphatic carbocycles. The molecule has 0 unspecified atom stereocenters. The predicted octanol–water partition coefficient (Wildman–Crippen LogP) is 3.42. The van der Waals surface area contributed by atoms with Crippen molar-refractivity contribution in [2.24, 2.45) is 15.7 Å². The highest BCUT2D eigenvalue weighted by molar-refractivity contribution is 6.36. The van der Waals surface area contributed by atoms with Crippen molar-refractivity contribution >= 4 is 34.9 Å². The highest BCUT2D eigenvalue weighted by Crippen LogP contribution is 2.35. The number of rotatable bonds is 4. The van der Waals surface area contributed by atoms with Crippen LogP contribution in [-0.4, -0.2) is 31.9 Å². The molecular formula is C20H19ClFN5O3. The Balaban J connectivity index is 2.32. The summed E-state index contributed by atoms with van der Waals surface area (Å²) in [5.41, 5.74) is 12.4. The van der Waals surface area contributed by atoms with Gasteiger partial charge in [-0.3, -0.25) is 10.9 Å². The Kier molecular flexibility index (Phi) is 6.22. The van der Waals surface area contributed by atoms with Gasteiger partial charge in [-0.15, -0.1) is 0 Å². The van der Waals surface area contributed by atoms with E-state index in [0.717, 1.165) is 0 Å². The molecule has 0 atom stereocenters. The number of ether oxygens (including phenoxy) is 2. The van der Waals surface area contributed by atoms with E-state index in [1.54, 1.807) is 31.2 Å². The molecule has 0 aromatic heterocycles. The largest absolute Gasteiger partial charge is 0.494 e. The van der Waals surface area contributed by atoms with E-state index in [2.05, 4.69) is 20.8 Å². The summed E-state index contributed by atoms with van der Waals surface area (Å²) in [6.45, 7) is 1.64. The van der Waals surface area contributed by atoms with Crippen LogP contribution in [0.25, 0.3) is 0 Å². The van der Waals surface area contributed by atoms with Crippen LogP contribution in [0.4, 0.5) is 14.9 Å². The first-order chi connectivity index (χ1) is 14.3. The molecular weight excluding hydrogens is 413 g/mol. The molecule has 8 nitrogen and oxygen atoms in total. The van der Waals surface area contributed by atoms with Crippen molar-refractivity contribution in [3.63, 3.8) is 0 Å². The summed E-state index contributed by atoms with van der Waals surface area (Å²) in [7, 11) is 2.78. The van der Waals surface area contributed by atoms with Gasteiger partial charge in [0.2, 0.25) is 5.90 Å². The number of methoxy groups -OCH3 is 2. The normalized spacial score (nSPS) is 14.6. The van der Waals surface area contributed by atoms with Crippen LogP contribution < -0.4 is 21.3 Å². The van der Waals surface area contributed by atoms with Gasteiger partial charge in [0.1, 0.15) is 5.70 Å². The predicted molar refractivity (Wildman–Crippen MR) is 113 cm³/mol. The van der Waals surface area contributed by atoms with Crippen molar-refractivity contribution in [3.8, 4) is 5.75 Å². The molecule has 0 radical (unpaired) electrons. The van der Waals surface area contributed by atoms with E-state index in [0.29, 0.717) is 33.2 Å². The first-order valence-electron chi connectivity index (χ1n) is 8.72. The number of urea groups is 1. The van der Waals surface area contributed by atoms with Gasteiger partial charge in [-0.05, 0) is 19.1 Å². The third-order valence-electron chi connectivity index (χ3n) is 4.22. The maximum Gasteiger partial charge on any atom is 0.330 e. The lowest BCUT2D eigenvalue weighted by Gasteiger charge is -2.13. The van der Waals surface area contributed by atoms with Crippen LogP contribution in [0, 0.1) is 5.82 Å². The third kappa shape index (κ3) is 4.20. The number of aliphatic imine (C=N–C) groups is 2. The zero-order chi connectivity index (χ0) is 21.8. The summed E-state index contributed by atoms with van der Waals surface area (Å²) in [5.74, 6) is -0.435. The van der Waals surface area contributed by atoms with Crippen molar-refractivity contribution in [1.82, 2.24) is 10.9 Å². The number of amides is 2. The summed E-state index contributed by atoms with van der Waals surface area (Å²) >= 11 is 6.40. The van der Waals surface area contributed by atoms with Crippen molar-refractivity contribution in [2.45, 2.75) is 6.92 Å². The maximum absolute atomic E-state index is 14.6. The van der Waals surface area contributed by atoms with Crippen LogP contribution in [0.15, 0.2) is 57.8 Å². The summed E-state index contributed by atoms with van der Waals surface area (Å²) in [6.07, 6.45) is 0. The van der Waals surface area contributed by atoms with Gasteiger partial charge in [0.15, 0.2) is 11.6 Å². The van der Waals surface area contributed by atoms with Crippen LogP contribution in [-0.2, 0) is 4.74 Å². The molecule has 2 aromatic rings. The number of primary amides is 1. The highest BCUT2D eigenvalue weighted by Gasteiger charge is 2.25. The molecule has 2 amide bonds. The lowest BCUT2D eigenvalue weighted by atomic mass is 10.00. The van der Waals surface area contributed by atoms with E-state index in [9.17, 15) is 9.18 Å². The van der Waals surface area contributed by atoms with E-state index in [1.807, 2.05) is 0 Å². The van der Waals surface area contributed by atoms with Crippen molar-refractivity contribution in [2.75, 3.05) is 14.2 Å². The molecule has 0 fully saturated rings. The Labute approximate surface area is 177 Å². The number of carbonyl (C=O) groups excluding carboxylic acids is 1. The Hall–Kier alpha value is -3.59. The Morgan fingerprint density at radius 2 is 1.83 bits per heavy atom. The number of hydrogen-bond donors (Lipinski definition) is 3. The molecule has 1 aliphatic heterocycles. The van der Waals surface area contributed by atoms with Crippen molar-refractivity contribution in [3.05, 3.63) is 69.8 Å². The number of nitrogens with zero attached hydrogens (tertiary/aromatic N) is 2. The Morgan fingerprint density at radius 3 is 2.47 bits per heavy atom. The molecule has 30 heavy (non-hydrogen) atoms. The second-order valence-corrected chi connectivity index (χ2v) is 6.56. The average molecular weight is 432 g/mol. The minimum Gasteiger partial charge on any atom is -0.494 e. The van der Waals surface area contributed by atoms with Crippen LogP contribution in [0.5, 0.6) is 5.75 Å². The van der Waals surface area contributed by atoms with Gasteiger partial charge < -0.3 is 15.2 Å². The van der Waals surface area contributed by atoms with Crippen LogP contribution in [0.1, 0.15) is 18.1 Å². The summed E-state index contributed by atoms with van der Waals surface area (Å²) in [6, 6.07) is 8.96. The lowest BCUT2D eigenvalue weighted by Crippen LogP contribution is -2.40. The van der Waals surface area contributed by atoms with Crippen LogP contribution in [0.2, 0.25) is 5.02 Å². The van der Waals surface area contributed by atoms with Gasteiger partial charge in [-0.25, -0.2) is 19.2 Å². The number of nitrogens with one attached hydrogen (secondary N) is 2. The quantitative estimate of drug-likeness (QED) is 0.644. The monoisotopic (exact) mass is 431 g/mol. The fraction of sp³-hybridized carbons (Fsp3) is 0.150. The Morgan fingerprint density at radius 1 is 1.10 bits per heavy atom. The summed E-state index contributed by atoms with van der Waals surface area (Å²) in [5, 5.41) is 0.416. The van der Waals surface area contributed by atoms with Gasteiger partial charge in [0.05, 0.1) is 31.3 Å². The average Bonchev–Trinajstić information content (AvgIpc) is 2.88. The maximum atomic E-state index is 14.6. The summed E-state index contributed by atoms with van der Waals surface area (Å²) in [4.78, 5) is 20.2. The first-order valence-corrected chi connectivity index (χ1v) is 9.10. The second-order valence-electron chi connectivity index (χ2n) is 6.15.